The zero-order chi connectivity index (χ0) is 43.2. The van der Waals surface area contributed by atoms with E-state index in [1.807, 2.05) is 39.1 Å². The fourth-order valence-electron chi connectivity index (χ4n) is 9.38. The van der Waals surface area contributed by atoms with Gasteiger partial charge in [-0.25, -0.2) is 14.8 Å². The molecule has 1 aliphatic carbocycles. The number of hydrogen-bond donors (Lipinski definition) is 3. The largest absolute Gasteiger partial charge is 0.372 e. The van der Waals surface area contributed by atoms with E-state index in [0.29, 0.717) is 24.7 Å². The highest BCUT2D eigenvalue weighted by Crippen LogP contribution is 2.37. The number of carbonyl (C=O) groups is 3. The molecule has 0 saturated carbocycles. The Labute approximate surface area is 365 Å². The normalized spacial score (nSPS) is 18.8. The molecule has 16 heteroatoms. The molecule has 1 unspecified atom stereocenters. The number of nitrogens with zero attached hydrogens (tertiary/aromatic N) is 9. The first-order valence-corrected chi connectivity index (χ1v) is 22.0. The Morgan fingerprint density at radius 2 is 1.59 bits per heavy atom. The van der Waals surface area contributed by atoms with Gasteiger partial charge in [0.2, 0.25) is 5.91 Å². The summed E-state index contributed by atoms with van der Waals surface area (Å²) in [4.78, 5) is 67.9. The molecule has 0 bridgehead atoms. The van der Waals surface area contributed by atoms with Crippen LogP contribution in [-0.2, 0) is 16.6 Å². The number of imide groups is 1. The van der Waals surface area contributed by atoms with E-state index >= 15 is 0 Å². The summed E-state index contributed by atoms with van der Waals surface area (Å²) in [6, 6.07) is 20.3. The third-order valence-corrected chi connectivity index (χ3v) is 13.0. The number of aromatic nitrogens is 6. The standard InChI is InChI=1S/C47H52N12O4/c1-47(2,3)45-54-44(63-55-45)43(61)52-37-12-5-30-24-31(4-11-35(30)37)41-36-25-39(51-42(36)50-28-49-41)38-13-10-34(26-48-38)58-22-20-56(21-23-58)27-29-14-17-57(18-15-29)32-6-8-33(9-7-32)59-19-16-40(60)53-46(59)62/h4,6-11,13,24-26,28-29,37H,5,12,14-23,27H2,1-3H3,(H,52,61)(H,49,50,51)(H,53,60,62). The second-order valence-electron chi connectivity index (χ2n) is 18.2. The van der Waals surface area contributed by atoms with Gasteiger partial charge in [0, 0.05) is 86.5 Å². The number of amides is 4. The molecule has 324 valence electrons. The molecule has 6 aromatic rings. The van der Waals surface area contributed by atoms with Gasteiger partial charge in [-0.15, -0.1) is 0 Å². The van der Waals surface area contributed by atoms with Crippen LogP contribution in [0.5, 0.6) is 0 Å². The van der Waals surface area contributed by atoms with E-state index < -0.39 is 0 Å². The summed E-state index contributed by atoms with van der Waals surface area (Å²) in [6.45, 7) is 13.5. The van der Waals surface area contributed by atoms with Gasteiger partial charge in [-0.2, -0.15) is 4.98 Å². The zero-order valence-corrected chi connectivity index (χ0v) is 35.9. The van der Waals surface area contributed by atoms with Crippen molar-refractivity contribution in [3.63, 3.8) is 0 Å². The molecule has 10 rings (SSSR count). The van der Waals surface area contributed by atoms with Crippen LogP contribution in [0, 0.1) is 5.92 Å². The maximum absolute atomic E-state index is 13.0. The van der Waals surface area contributed by atoms with Crippen LogP contribution in [0.4, 0.5) is 21.9 Å². The van der Waals surface area contributed by atoms with E-state index in [1.165, 1.54) is 11.3 Å². The molecule has 3 saturated heterocycles. The first-order valence-electron chi connectivity index (χ1n) is 22.0. The molecular formula is C47H52N12O4. The molecule has 2 aromatic carbocycles. The Morgan fingerprint density at radius 1 is 0.825 bits per heavy atom. The number of carbonyl (C=O) groups excluding carboxylic acids is 3. The van der Waals surface area contributed by atoms with Crippen molar-refractivity contribution in [2.45, 2.75) is 64.3 Å². The highest BCUT2D eigenvalue weighted by Gasteiger charge is 2.30. The lowest BCUT2D eigenvalue weighted by Gasteiger charge is -2.40. The molecule has 4 aliphatic rings. The highest BCUT2D eigenvalue weighted by molar-refractivity contribution is 6.05. The van der Waals surface area contributed by atoms with Crippen molar-refractivity contribution >= 4 is 45.9 Å². The van der Waals surface area contributed by atoms with Gasteiger partial charge in [0.05, 0.1) is 35.0 Å². The van der Waals surface area contributed by atoms with E-state index in [9.17, 15) is 14.4 Å². The van der Waals surface area contributed by atoms with Gasteiger partial charge >= 0.3 is 17.8 Å². The van der Waals surface area contributed by atoms with Crippen LogP contribution in [0.3, 0.4) is 0 Å². The van der Waals surface area contributed by atoms with Crippen LogP contribution < -0.4 is 25.3 Å². The lowest BCUT2D eigenvalue weighted by Crippen LogP contribution is -2.49. The Hall–Kier alpha value is -6.68. The molecule has 63 heavy (non-hydrogen) atoms. The van der Waals surface area contributed by atoms with Crippen molar-refractivity contribution in [3.8, 4) is 22.6 Å². The first kappa shape index (κ1) is 40.4. The molecule has 4 aromatic heterocycles. The predicted molar refractivity (Wildman–Crippen MR) is 240 cm³/mol. The van der Waals surface area contributed by atoms with Gasteiger partial charge in [0.15, 0.2) is 5.82 Å². The Morgan fingerprint density at radius 3 is 2.32 bits per heavy atom. The van der Waals surface area contributed by atoms with Crippen molar-refractivity contribution in [2.24, 2.45) is 5.92 Å². The molecule has 3 fully saturated rings. The van der Waals surface area contributed by atoms with Gasteiger partial charge in [0.1, 0.15) is 12.0 Å². The second kappa shape index (κ2) is 16.5. The topological polar surface area (TPSA) is 182 Å². The maximum atomic E-state index is 13.0. The van der Waals surface area contributed by atoms with Crippen LogP contribution >= 0.6 is 0 Å². The monoisotopic (exact) mass is 848 g/mol. The second-order valence-corrected chi connectivity index (χ2v) is 18.2. The molecule has 4 amide bonds. The lowest BCUT2D eigenvalue weighted by atomic mass is 9.95. The minimum absolute atomic E-state index is 0.0191. The van der Waals surface area contributed by atoms with Crippen molar-refractivity contribution in [2.75, 3.05) is 67.1 Å². The van der Waals surface area contributed by atoms with Crippen LogP contribution in [0.25, 0.3) is 33.7 Å². The number of benzene rings is 2. The minimum Gasteiger partial charge on any atom is -0.372 e. The predicted octanol–water partition coefficient (Wildman–Crippen LogP) is 6.27. The molecule has 3 aliphatic heterocycles. The summed E-state index contributed by atoms with van der Waals surface area (Å²) in [5.41, 5.74) is 9.38. The maximum Gasteiger partial charge on any atom is 0.328 e. The number of aryl methyl sites for hydroxylation is 1. The van der Waals surface area contributed by atoms with Crippen LogP contribution in [0.2, 0.25) is 0 Å². The molecule has 1 atom stereocenters. The van der Waals surface area contributed by atoms with Crippen molar-refractivity contribution in [1.82, 2.24) is 45.6 Å². The fourth-order valence-corrected chi connectivity index (χ4v) is 9.38. The van der Waals surface area contributed by atoms with E-state index in [4.69, 9.17) is 14.5 Å². The van der Waals surface area contributed by atoms with Gasteiger partial charge in [-0.3, -0.25) is 29.7 Å². The SMILES string of the molecule is CC(C)(C)c1noc(C(=O)NC2CCc3cc(-c4ncnc5[nH]c(-c6ccc(N7CCN(CC8CCN(c9ccc(N%10CCC(=O)NC%10=O)cc9)CC8)CC7)cn6)cc45)ccc32)n1. The Bertz CT molecular complexity index is 2650. The van der Waals surface area contributed by atoms with Crippen molar-refractivity contribution < 1.29 is 18.9 Å². The summed E-state index contributed by atoms with van der Waals surface area (Å²) in [5.74, 6) is 0.570. The van der Waals surface area contributed by atoms with Gasteiger partial charge in [-0.1, -0.05) is 38.1 Å². The van der Waals surface area contributed by atoms with Crippen LogP contribution in [0.1, 0.15) is 80.1 Å². The average Bonchev–Trinajstić information content (AvgIpc) is 4.07. The smallest absolute Gasteiger partial charge is 0.328 e. The summed E-state index contributed by atoms with van der Waals surface area (Å²) in [7, 11) is 0. The molecule has 0 spiro atoms. The number of H-pyrrole nitrogens is 1. The quantitative estimate of drug-likeness (QED) is 0.149. The number of piperazine rings is 1. The van der Waals surface area contributed by atoms with Gasteiger partial charge < -0.3 is 24.6 Å². The number of rotatable bonds is 9. The third-order valence-electron chi connectivity index (χ3n) is 13.0. The minimum atomic E-state index is -0.365. The summed E-state index contributed by atoms with van der Waals surface area (Å²) in [6.07, 6.45) is 7.82. The molecule has 0 radical (unpaired) electrons. The molecule has 7 heterocycles. The number of aromatic amines is 1. The first-order chi connectivity index (χ1) is 30.5. The molecule has 3 N–H and O–H groups in total. The van der Waals surface area contributed by atoms with Crippen molar-refractivity contribution in [3.05, 3.63) is 96.0 Å². The highest BCUT2D eigenvalue weighted by atomic mass is 16.5. The summed E-state index contributed by atoms with van der Waals surface area (Å²) in [5, 5.41) is 10.4. The van der Waals surface area contributed by atoms with Crippen molar-refractivity contribution in [1.29, 1.82) is 0 Å². The zero-order valence-electron chi connectivity index (χ0n) is 35.9. The van der Waals surface area contributed by atoms with E-state index in [2.05, 4.69) is 94.0 Å². The average molecular weight is 849 g/mol. The van der Waals surface area contributed by atoms with Gasteiger partial charge in [0.25, 0.3) is 0 Å². The molecular weight excluding hydrogens is 797 g/mol. The van der Waals surface area contributed by atoms with Gasteiger partial charge in [-0.05, 0) is 91.3 Å². The fraction of sp³-hybridized carbons (Fsp3) is 0.404. The number of nitrogens with one attached hydrogen (secondary N) is 3. The number of piperidine rings is 1. The number of fused-ring (bicyclic) bond motifs is 2. The number of urea groups is 1. The lowest BCUT2D eigenvalue weighted by molar-refractivity contribution is -0.120. The van der Waals surface area contributed by atoms with E-state index in [1.54, 1.807) is 11.2 Å². The number of hydrogen-bond acceptors (Lipinski definition) is 12. The van der Waals surface area contributed by atoms with Crippen LogP contribution in [0.15, 0.2) is 77.7 Å². The number of pyridine rings is 1. The third kappa shape index (κ3) is 8.34. The van der Waals surface area contributed by atoms with E-state index in [0.717, 1.165) is 122 Å². The number of anilines is 3. The van der Waals surface area contributed by atoms with Crippen LogP contribution in [-0.4, -0.2) is 105 Å². The summed E-state index contributed by atoms with van der Waals surface area (Å²) >= 11 is 0. The Kier molecular flexibility index (Phi) is 10.6. The summed E-state index contributed by atoms with van der Waals surface area (Å²) < 4.78 is 5.28. The molecule has 16 nitrogen and oxygen atoms in total. The Balaban J connectivity index is 0.719. The van der Waals surface area contributed by atoms with E-state index in [-0.39, 0.29) is 35.2 Å².